The monoisotopic (exact) mass is 384 g/mol. The van der Waals surface area contributed by atoms with Gasteiger partial charge in [0.05, 0.1) is 15.4 Å². The lowest BCUT2D eigenvalue weighted by Gasteiger charge is -2.45. The van der Waals surface area contributed by atoms with E-state index >= 15 is 0 Å². The van der Waals surface area contributed by atoms with E-state index in [4.69, 9.17) is 4.74 Å². The molecule has 0 aromatic carbocycles. The Kier molecular flexibility index (Phi) is 5.47. The highest BCUT2D eigenvalue weighted by molar-refractivity contribution is 6.58. The third-order valence-corrected chi connectivity index (χ3v) is 8.98. The van der Waals surface area contributed by atoms with Gasteiger partial charge < -0.3 is 14.9 Å². The predicted molar refractivity (Wildman–Crippen MR) is 103 cm³/mol. The zero-order valence-corrected chi connectivity index (χ0v) is 17.9. The minimum atomic E-state index is -1.74. The zero-order chi connectivity index (χ0) is 20.1. The van der Waals surface area contributed by atoms with Crippen molar-refractivity contribution < 1.29 is 14.9 Å². The van der Waals surface area contributed by atoms with Gasteiger partial charge >= 0.3 is 5.69 Å². The molecule has 1 aromatic heterocycles. The van der Waals surface area contributed by atoms with E-state index in [-0.39, 0.29) is 18.9 Å². The first kappa shape index (κ1) is 21.1. The molecule has 2 rings (SSSR count). The second kappa shape index (κ2) is 6.74. The number of aromatic nitrogens is 2. The first-order chi connectivity index (χ1) is 11.8. The van der Waals surface area contributed by atoms with Crippen molar-refractivity contribution in [1.29, 1.82) is 0 Å². The molecule has 1 saturated heterocycles. The standard InChI is InChI=1S/C18H32N2O5Si/c1-11(2)16(4,5)17(24)10-18(26(6)7,25-13(17)9-21)20-8-12(3)14(22)19-15(20)23/h8,11,13,21,24,26H,9-10H2,1-7H3,(H,19,22,23)/t13-,17+,18+/m1/s1. The van der Waals surface area contributed by atoms with E-state index in [1.807, 2.05) is 40.8 Å². The number of aliphatic hydroxyl groups excluding tert-OH is 1. The maximum atomic E-state index is 12.6. The van der Waals surface area contributed by atoms with Crippen LogP contribution in [0.5, 0.6) is 0 Å². The van der Waals surface area contributed by atoms with E-state index in [2.05, 4.69) is 4.98 Å². The van der Waals surface area contributed by atoms with Crippen molar-refractivity contribution in [1.82, 2.24) is 9.55 Å². The van der Waals surface area contributed by atoms with Gasteiger partial charge in [0.25, 0.3) is 5.56 Å². The van der Waals surface area contributed by atoms with Gasteiger partial charge in [0.1, 0.15) is 17.1 Å². The van der Waals surface area contributed by atoms with E-state index < -0.39 is 42.5 Å². The Balaban J connectivity index is 2.71. The highest BCUT2D eigenvalue weighted by Crippen LogP contribution is 2.53. The molecule has 1 fully saturated rings. The number of nitrogens with one attached hydrogen (secondary N) is 1. The number of H-pyrrole nitrogens is 1. The quantitative estimate of drug-likeness (QED) is 0.649. The molecule has 0 saturated carbocycles. The van der Waals surface area contributed by atoms with Crippen LogP contribution >= 0.6 is 0 Å². The summed E-state index contributed by atoms with van der Waals surface area (Å²) in [6.07, 6.45) is 0.900. The van der Waals surface area contributed by atoms with Crippen molar-refractivity contribution in [2.45, 2.75) is 71.2 Å². The number of hydrogen-bond donors (Lipinski definition) is 3. The predicted octanol–water partition coefficient (Wildman–Crippen LogP) is 0.718. The Morgan fingerprint density at radius 2 is 2.00 bits per heavy atom. The summed E-state index contributed by atoms with van der Waals surface area (Å²) in [5.74, 6) is 0.129. The van der Waals surface area contributed by atoms with Crippen LogP contribution in [0.2, 0.25) is 13.1 Å². The first-order valence-corrected chi connectivity index (χ1v) is 12.1. The fourth-order valence-electron chi connectivity index (χ4n) is 3.82. The van der Waals surface area contributed by atoms with Crippen LogP contribution in [0.3, 0.4) is 0 Å². The van der Waals surface area contributed by atoms with Crippen molar-refractivity contribution >= 4 is 8.80 Å². The summed E-state index contributed by atoms with van der Waals surface area (Å²) in [5.41, 5.74) is -2.43. The van der Waals surface area contributed by atoms with Gasteiger partial charge in [0.2, 0.25) is 0 Å². The minimum absolute atomic E-state index is 0.129. The molecule has 26 heavy (non-hydrogen) atoms. The van der Waals surface area contributed by atoms with Gasteiger partial charge in [0, 0.05) is 18.2 Å². The minimum Gasteiger partial charge on any atom is -0.394 e. The zero-order valence-electron chi connectivity index (χ0n) is 16.8. The smallest absolute Gasteiger partial charge is 0.330 e. The largest absolute Gasteiger partial charge is 0.394 e. The molecule has 3 atom stereocenters. The third kappa shape index (κ3) is 2.92. The van der Waals surface area contributed by atoms with Gasteiger partial charge in [-0.3, -0.25) is 14.3 Å². The molecule has 8 heteroatoms. The highest BCUT2D eigenvalue weighted by Gasteiger charge is 2.63. The molecule has 3 N–H and O–H groups in total. The average Bonchev–Trinajstić information content (AvgIpc) is 2.86. The van der Waals surface area contributed by atoms with E-state index in [0.717, 1.165) is 0 Å². The number of aromatic amines is 1. The van der Waals surface area contributed by atoms with E-state index in [9.17, 15) is 19.8 Å². The normalized spacial score (nSPS) is 29.7. The molecule has 0 spiro atoms. The van der Waals surface area contributed by atoms with Gasteiger partial charge in [0.15, 0.2) is 0 Å². The maximum absolute atomic E-state index is 12.6. The summed E-state index contributed by atoms with van der Waals surface area (Å²) in [5, 5.41) is 20.6. The lowest BCUT2D eigenvalue weighted by molar-refractivity contribution is -0.151. The Morgan fingerprint density at radius 3 is 2.46 bits per heavy atom. The summed E-state index contributed by atoms with van der Waals surface area (Å²) < 4.78 is 7.70. The molecule has 0 aliphatic carbocycles. The van der Waals surface area contributed by atoms with E-state index in [0.29, 0.717) is 5.56 Å². The molecule has 0 radical (unpaired) electrons. The Morgan fingerprint density at radius 1 is 1.42 bits per heavy atom. The fraction of sp³-hybridized carbons (Fsp3) is 0.778. The highest BCUT2D eigenvalue weighted by atomic mass is 28.3. The van der Waals surface area contributed by atoms with E-state index in [1.165, 1.54) is 10.8 Å². The molecule has 1 aliphatic rings. The molecule has 2 heterocycles. The van der Waals surface area contributed by atoms with Crippen molar-refractivity contribution in [3.05, 3.63) is 32.6 Å². The number of aryl methyl sites for hydroxylation is 1. The van der Waals surface area contributed by atoms with Crippen LogP contribution in [0.15, 0.2) is 15.8 Å². The van der Waals surface area contributed by atoms with Gasteiger partial charge in [-0.1, -0.05) is 40.8 Å². The third-order valence-electron chi connectivity index (χ3n) is 6.56. The Bertz CT molecular complexity index is 785. The molecule has 1 aromatic rings. The fourth-order valence-corrected chi connectivity index (χ4v) is 5.73. The van der Waals surface area contributed by atoms with Crippen molar-refractivity contribution in [3.8, 4) is 0 Å². The van der Waals surface area contributed by atoms with Crippen LogP contribution in [-0.2, 0) is 10.1 Å². The van der Waals surface area contributed by atoms with E-state index in [1.54, 1.807) is 6.92 Å². The Labute approximate surface area is 155 Å². The SMILES string of the molecule is Cc1cn([C@@]2([SiH](C)C)C[C@@](O)(C(C)(C)C(C)C)[C@@H](CO)O2)c(=O)[nH]c1=O. The summed E-state index contributed by atoms with van der Waals surface area (Å²) >= 11 is 0. The second-order valence-electron chi connectivity index (χ2n) is 8.71. The van der Waals surface area contributed by atoms with Crippen LogP contribution in [0.4, 0.5) is 0 Å². The number of nitrogens with zero attached hydrogens (tertiary/aromatic N) is 1. The number of aliphatic hydroxyl groups is 2. The van der Waals surface area contributed by atoms with Crippen LogP contribution in [0.25, 0.3) is 0 Å². The topological polar surface area (TPSA) is 105 Å². The van der Waals surface area contributed by atoms with Crippen LogP contribution in [-0.4, -0.2) is 46.9 Å². The van der Waals surface area contributed by atoms with Crippen LogP contribution in [0, 0.1) is 18.3 Å². The molecule has 0 unspecified atom stereocenters. The molecule has 0 bridgehead atoms. The van der Waals surface area contributed by atoms with Crippen molar-refractivity contribution in [2.75, 3.05) is 6.61 Å². The van der Waals surface area contributed by atoms with Crippen molar-refractivity contribution in [2.24, 2.45) is 11.3 Å². The van der Waals surface area contributed by atoms with Gasteiger partial charge in [-0.05, 0) is 18.3 Å². The summed E-state index contributed by atoms with van der Waals surface area (Å²) in [7, 11) is -1.74. The molecule has 7 nitrogen and oxygen atoms in total. The van der Waals surface area contributed by atoms with Crippen molar-refractivity contribution in [3.63, 3.8) is 0 Å². The second-order valence-corrected chi connectivity index (χ2v) is 11.9. The molecule has 1 aliphatic heterocycles. The average molecular weight is 385 g/mol. The van der Waals surface area contributed by atoms with Gasteiger partial charge in [-0.2, -0.15) is 0 Å². The summed E-state index contributed by atoms with van der Waals surface area (Å²) in [6.45, 7) is 13.3. The molecule has 0 amide bonds. The number of hydrogen-bond acceptors (Lipinski definition) is 5. The lowest BCUT2D eigenvalue weighted by Crippen LogP contribution is -2.56. The van der Waals surface area contributed by atoms with Crippen LogP contribution in [0.1, 0.15) is 39.7 Å². The molecular weight excluding hydrogens is 352 g/mol. The van der Waals surface area contributed by atoms with Crippen LogP contribution < -0.4 is 11.2 Å². The maximum Gasteiger partial charge on any atom is 0.330 e. The number of ether oxygens (including phenoxy) is 1. The lowest BCUT2D eigenvalue weighted by atomic mass is 9.64. The summed E-state index contributed by atoms with van der Waals surface area (Å²) in [6, 6.07) is 0. The molecular formula is C18H32N2O5Si. The Hall–Kier alpha value is -1.22. The summed E-state index contributed by atoms with van der Waals surface area (Å²) in [4.78, 5) is 26.7. The molecule has 148 valence electrons. The van der Waals surface area contributed by atoms with Gasteiger partial charge in [-0.25, -0.2) is 4.79 Å². The first-order valence-electron chi connectivity index (χ1n) is 9.17. The van der Waals surface area contributed by atoms with Gasteiger partial charge in [-0.15, -0.1) is 0 Å². The number of rotatable bonds is 5.